The average Bonchev–Trinajstić information content (AvgIpc) is 3.03. The van der Waals surface area contributed by atoms with Crippen LogP contribution in [0.25, 0.3) is 0 Å². The number of ether oxygens (including phenoxy) is 1. The van der Waals surface area contributed by atoms with Crippen molar-refractivity contribution in [2.75, 3.05) is 30.3 Å². The summed E-state index contributed by atoms with van der Waals surface area (Å²) in [6.45, 7) is 8.27. The molecule has 0 aliphatic carbocycles. The van der Waals surface area contributed by atoms with E-state index in [1.807, 2.05) is 0 Å². The van der Waals surface area contributed by atoms with Crippen LogP contribution in [0.3, 0.4) is 0 Å². The lowest BCUT2D eigenvalue weighted by molar-refractivity contribution is 0.0529. The second-order valence-electron chi connectivity index (χ2n) is 5.60. The molecule has 0 radical (unpaired) electrons. The fraction of sp³-hybridized carbons (Fsp3) is 0.600. The number of esters is 1. The van der Waals surface area contributed by atoms with Gasteiger partial charge in [-0.2, -0.15) is 5.26 Å². The van der Waals surface area contributed by atoms with Gasteiger partial charge in [-0.1, -0.05) is 13.8 Å². The van der Waals surface area contributed by atoms with E-state index in [2.05, 4.69) is 24.8 Å². The van der Waals surface area contributed by atoms with Gasteiger partial charge in [0.05, 0.1) is 12.3 Å². The molecule has 1 aliphatic heterocycles. The molecule has 1 fully saturated rings. The van der Waals surface area contributed by atoms with Gasteiger partial charge in [0.2, 0.25) is 0 Å². The zero-order valence-electron chi connectivity index (χ0n) is 12.7. The molecule has 2 N–H and O–H groups in total. The summed E-state index contributed by atoms with van der Waals surface area (Å²) in [5.41, 5.74) is 6.59. The van der Waals surface area contributed by atoms with Crippen LogP contribution in [0.5, 0.6) is 0 Å². The van der Waals surface area contributed by atoms with Gasteiger partial charge in [0, 0.05) is 13.1 Å². The fourth-order valence-corrected chi connectivity index (χ4v) is 3.69. The van der Waals surface area contributed by atoms with E-state index in [1.165, 1.54) is 11.3 Å². The number of nitrogens with two attached hydrogens (primary N) is 1. The lowest BCUT2D eigenvalue weighted by atomic mass is 9.95. The van der Waals surface area contributed by atoms with Crippen LogP contribution in [0.1, 0.15) is 42.4 Å². The van der Waals surface area contributed by atoms with E-state index in [0.29, 0.717) is 28.9 Å². The summed E-state index contributed by atoms with van der Waals surface area (Å²) >= 11 is 1.29. The molecule has 0 aromatic carbocycles. The molecule has 2 heterocycles. The molecule has 1 unspecified atom stereocenters. The van der Waals surface area contributed by atoms with E-state index in [-0.39, 0.29) is 5.69 Å². The highest BCUT2D eigenvalue weighted by molar-refractivity contribution is 7.17. The maximum atomic E-state index is 12.2. The summed E-state index contributed by atoms with van der Waals surface area (Å²) in [6, 6.07) is 2.07. The average molecular weight is 307 g/mol. The topological polar surface area (TPSA) is 79.3 Å². The van der Waals surface area contributed by atoms with Crippen LogP contribution in [0.2, 0.25) is 0 Å². The summed E-state index contributed by atoms with van der Waals surface area (Å²) in [5.74, 6) is 0.776. The van der Waals surface area contributed by atoms with Crippen molar-refractivity contribution in [2.24, 2.45) is 11.8 Å². The van der Waals surface area contributed by atoms with Crippen LogP contribution in [0, 0.1) is 23.2 Å². The van der Waals surface area contributed by atoms with Crippen LogP contribution in [-0.4, -0.2) is 25.7 Å². The molecule has 1 aromatic rings. The molecule has 0 spiro atoms. The van der Waals surface area contributed by atoms with Gasteiger partial charge in [0.25, 0.3) is 0 Å². The minimum Gasteiger partial charge on any atom is -0.462 e. The van der Waals surface area contributed by atoms with Gasteiger partial charge in [0.15, 0.2) is 0 Å². The molecule has 21 heavy (non-hydrogen) atoms. The number of hydrogen-bond donors (Lipinski definition) is 1. The van der Waals surface area contributed by atoms with Gasteiger partial charge in [-0.15, -0.1) is 11.3 Å². The summed E-state index contributed by atoms with van der Waals surface area (Å²) in [7, 11) is 0. The smallest absolute Gasteiger partial charge is 0.343 e. The van der Waals surface area contributed by atoms with Gasteiger partial charge in [-0.05, 0) is 25.2 Å². The second-order valence-corrected chi connectivity index (χ2v) is 6.60. The van der Waals surface area contributed by atoms with E-state index >= 15 is 0 Å². The highest BCUT2D eigenvalue weighted by Crippen LogP contribution is 2.41. The number of nitriles is 1. The molecule has 1 aromatic heterocycles. The van der Waals surface area contributed by atoms with Gasteiger partial charge in [-0.25, -0.2) is 4.79 Å². The standard InChI is InChI=1S/C15H21N3O2S/c1-4-20-15(19)12-13(17)11(7-16)21-14(12)18-6-5-10(8-18)9(2)3/h9-10H,4-6,8,17H2,1-3H3. The normalized spacial score (nSPS) is 18.0. The van der Waals surface area contributed by atoms with E-state index in [4.69, 9.17) is 15.7 Å². The van der Waals surface area contributed by atoms with Gasteiger partial charge in [-0.3, -0.25) is 0 Å². The first-order valence-corrected chi connectivity index (χ1v) is 8.05. The Balaban J connectivity index is 2.35. The van der Waals surface area contributed by atoms with Crippen molar-refractivity contribution in [3.63, 3.8) is 0 Å². The Morgan fingerprint density at radius 1 is 1.62 bits per heavy atom. The van der Waals surface area contributed by atoms with Crippen LogP contribution in [-0.2, 0) is 4.74 Å². The third kappa shape index (κ3) is 2.98. The number of nitrogens with zero attached hydrogens (tertiary/aromatic N) is 2. The Morgan fingerprint density at radius 2 is 2.33 bits per heavy atom. The molecular weight excluding hydrogens is 286 g/mol. The molecule has 2 rings (SSSR count). The first-order chi connectivity index (χ1) is 9.99. The second kappa shape index (κ2) is 6.35. The van der Waals surface area contributed by atoms with Crippen molar-refractivity contribution < 1.29 is 9.53 Å². The molecule has 1 saturated heterocycles. The predicted octanol–water partition coefficient (Wildman–Crippen LogP) is 2.86. The maximum absolute atomic E-state index is 12.2. The predicted molar refractivity (Wildman–Crippen MR) is 84.6 cm³/mol. The van der Waals surface area contributed by atoms with Crippen molar-refractivity contribution in [1.82, 2.24) is 0 Å². The van der Waals surface area contributed by atoms with E-state index in [0.717, 1.165) is 24.5 Å². The molecule has 5 nitrogen and oxygen atoms in total. The SMILES string of the molecule is CCOC(=O)c1c(N2CCC(C(C)C)C2)sc(C#N)c1N. The van der Waals surface area contributed by atoms with E-state index < -0.39 is 5.97 Å². The number of nitrogen functional groups attached to an aromatic ring is 1. The molecule has 0 bridgehead atoms. The Bertz CT molecular complexity index is 574. The fourth-order valence-electron chi connectivity index (χ4n) is 2.65. The Hall–Kier alpha value is -1.74. The Labute approximate surface area is 129 Å². The van der Waals surface area contributed by atoms with Crippen molar-refractivity contribution >= 4 is 28.0 Å². The molecule has 114 valence electrons. The van der Waals surface area contributed by atoms with Crippen molar-refractivity contribution in [1.29, 1.82) is 5.26 Å². The zero-order chi connectivity index (χ0) is 15.6. The van der Waals surface area contributed by atoms with Crippen LogP contribution >= 0.6 is 11.3 Å². The quantitative estimate of drug-likeness (QED) is 0.865. The van der Waals surface area contributed by atoms with Crippen molar-refractivity contribution in [2.45, 2.75) is 27.2 Å². The van der Waals surface area contributed by atoms with Crippen molar-refractivity contribution in [3.05, 3.63) is 10.4 Å². The number of hydrogen-bond acceptors (Lipinski definition) is 6. The minimum absolute atomic E-state index is 0.254. The van der Waals surface area contributed by atoms with Crippen molar-refractivity contribution in [3.8, 4) is 6.07 Å². The molecule has 1 aliphatic rings. The molecular formula is C15H21N3O2S. The van der Waals surface area contributed by atoms with Crippen LogP contribution < -0.4 is 10.6 Å². The Morgan fingerprint density at radius 3 is 2.86 bits per heavy atom. The number of anilines is 2. The van der Waals surface area contributed by atoms with Gasteiger partial charge in [0.1, 0.15) is 21.5 Å². The van der Waals surface area contributed by atoms with Crippen LogP contribution in [0.15, 0.2) is 0 Å². The molecule has 0 saturated carbocycles. The first kappa shape index (κ1) is 15.6. The monoisotopic (exact) mass is 307 g/mol. The summed E-state index contributed by atoms with van der Waals surface area (Å²) in [4.78, 5) is 14.7. The van der Waals surface area contributed by atoms with Gasteiger partial charge < -0.3 is 15.4 Å². The molecule has 6 heteroatoms. The lowest BCUT2D eigenvalue weighted by Crippen LogP contribution is -2.22. The summed E-state index contributed by atoms with van der Waals surface area (Å²) < 4.78 is 5.09. The van der Waals surface area contributed by atoms with E-state index in [9.17, 15) is 4.79 Å². The van der Waals surface area contributed by atoms with Crippen LogP contribution in [0.4, 0.5) is 10.7 Å². The summed E-state index contributed by atoms with van der Waals surface area (Å²) in [5, 5.41) is 9.94. The number of rotatable bonds is 4. The molecule has 1 atom stereocenters. The number of carbonyl (C=O) groups is 1. The largest absolute Gasteiger partial charge is 0.462 e. The highest BCUT2D eigenvalue weighted by atomic mass is 32.1. The molecule has 0 amide bonds. The third-order valence-electron chi connectivity index (χ3n) is 3.96. The van der Waals surface area contributed by atoms with Gasteiger partial charge >= 0.3 is 5.97 Å². The van der Waals surface area contributed by atoms with E-state index in [1.54, 1.807) is 6.92 Å². The maximum Gasteiger partial charge on any atom is 0.343 e. The Kier molecular flexibility index (Phi) is 4.73. The zero-order valence-corrected chi connectivity index (χ0v) is 13.5. The number of thiophene rings is 1. The lowest BCUT2D eigenvalue weighted by Gasteiger charge is -2.19. The minimum atomic E-state index is -0.434. The highest BCUT2D eigenvalue weighted by Gasteiger charge is 2.32. The third-order valence-corrected chi connectivity index (χ3v) is 5.13. The first-order valence-electron chi connectivity index (χ1n) is 7.24. The number of carbonyl (C=O) groups excluding carboxylic acids is 1. The summed E-state index contributed by atoms with van der Waals surface area (Å²) in [6.07, 6.45) is 1.10.